The fraction of sp³-hybridized carbons (Fsp3) is 0.500. The molecule has 0 heterocycles. The quantitative estimate of drug-likeness (QED) is 0.636. The first-order valence-electron chi connectivity index (χ1n) is 6.70. The monoisotopic (exact) mass is 295 g/mol. The number of hydrogen-bond donors (Lipinski definition) is 1. The summed E-state index contributed by atoms with van der Waals surface area (Å²) in [6, 6.07) is 4.93. The van der Waals surface area contributed by atoms with E-state index in [1.165, 1.54) is 0 Å². The van der Waals surface area contributed by atoms with E-state index in [-0.39, 0.29) is 17.5 Å². The minimum absolute atomic E-state index is 0.123. The van der Waals surface area contributed by atoms with Crippen LogP contribution >= 0.6 is 0 Å². The van der Waals surface area contributed by atoms with E-state index >= 15 is 0 Å². The predicted octanol–water partition coefficient (Wildman–Crippen LogP) is 1.57. The first-order chi connectivity index (χ1) is 9.50. The average Bonchev–Trinajstić information content (AvgIpc) is 3.29. The molecule has 0 saturated heterocycles. The molecule has 5 nitrogen and oxygen atoms in total. The lowest BCUT2D eigenvalue weighted by Gasteiger charge is -2.18. The number of benzene rings is 1. The molecule has 6 heteroatoms. The van der Waals surface area contributed by atoms with Crippen molar-refractivity contribution in [2.24, 2.45) is 0 Å². The lowest BCUT2D eigenvalue weighted by Crippen LogP contribution is -2.33. The SMILES string of the molecule is Nc1c(C=O)cccc1OCC1(S(=O)(=O)C2CC2)CC1. The Morgan fingerprint density at radius 3 is 2.60 bits per heavy atom. The van der Waals surface area contributed by atoms with Crippen LogP contribution in [0.4, 0.5) is 5.69 Å². The third kappa shape index (κ3) is 2.08. The maximum atomic E-state index is 12.3. The van der Waals surface area contributed by atoms with Gasteiger partial charge in [0.1, 0.15) is 17.1 Å². The van der Waals surface area contributed by atoms with Crippen molar-refractivity contribution in [2.45, 2.75) is 35.7 Å². The Morgan fingerprint density at radius 1 is 1.35 bits per heavy atom. The van der Waals surface area contributed by atoms with E-state index in [1.54, 1.807) is 18.2 Å². The molecule has 0 unspecified atom stereocenters. The van der Waals surface area contributed by atoms with Gasteiger partial charge in [0.15, 0.2) is 16.1 Å². The molecular formula is C14H17NO4S. The molecule has 0 aliphatic heterocycles. The second-order valence-electron chi connectivity index (χ2n) is 5.59. The first kappa shape index (κ1) is 13.4. The van der Waals surface area contributed by atoms with Crippen molar-refractivity contribution in [1.29, 1.82) is 0 Å². The van der Waals surface area contributed by atoms with Gasteiger partial charge in [0.25, 0.3) is 0 Å². The van der Waals surface area contributed by atoms with Gasteiger partial charge in [-0.05, 0) is 37.8 Å². The largest absolute Gasteiger partial charge is 0.490 e. The van der Waals surface area contributed by atoms with Crippen molar-refractivity contribution in [3.05, 3.63) is 23.8 Å². The highest BCUT2D eigenvalue weighted by atomic mass is 32.2. The summed E-state index contributed by atoms with van der Waals surface area (Å²) in [5, 5.41) is -0.174. The summed E-state index contributed by atoms with van der Waals surface area (Å²) in [5.41, 5.74) is 6.44. The first-order valence-corrected chi connectivity index (χ1v) is 8.25. The number of para-hydroxylation sites is 1. The molecule has 0 amide bonds. The maximum Gasteiger partial charge on any atom is 0.162 e. The second kappa shape index (κ2) is 4.48. The van der Waals surface area contributed by atoms with Gasteiger partial charge in [0.2, 0.25) is 0 Å². The number of nitrogen functional groups attached to an aromatic ring is 1. The number of hydrogen-bond acceptors (Lipinski definition) is 5. The van der Waals surface area contributed by atoms with Gasteiger partial charge in [-0.3, -0.25) is 4.79 Å². The van der Waals surface area contributed by atoms with Gasteiger partial charge in [0, 0.05) is 5.56 Å². The topological polar surface area (TPSA) is 86.5 Å². The van der Waals surface area contributed by atoms with Gasteiger partial charge in [0.05, 0.1) is 10.9 Å². The van der Waals surface area contributed by atoms with Gasteiger partial charge in [-0.15, -0.1) is 0 Å². The van der Waals surface area contributed by atoms with Crippen molar-refractivity contribution >= 4 is 21.8 Å². The maximum absolute atomic E-state index is 12.3. The molecule has 0 spiro atoms. The van der Waals surface area contributed by atoms with Crippen LogP contribution in [0.15, 0.2) is 18.2 Å². The lowest BCUT2D eigenvalue weighted by molar-refractivity contribution is 0.112. The Labute approximate surface area is 118 Å². The number of sulfone groups is 1. The molecule has 0 bridgehead atoms. The van der Waals surface area contributed by atoms with Gasteiger partial charge >= 0.3 is 0 Å². The van der Waals surface area contributed by atoms with Crippen LogP contribution in [0.25, 0.3) is 0 Å². The van der Waals surface area contributed by atoms with E-state index in [0.717, 1.165) is 12.8 Å². The predicted molar refractivity (Wildman–Crippen MR) is 75.6 cm³/mol. The van der Waals surface area contributed by atoms with E-state index in [1.807, 2.05) is 0 Å². The molecule has 20 heavy (non-hydrogen) atoms. The van der Waals surface area contributed by atoms with Crippen LogP contribution in [0.2, 0.25) is 0 Å². The highest BCUT2D eigenvalue weighted by molar-refractivity contribution is 7.94. The van der Waals surface area contributed by atoms with Crippen molar-refractivity contribution < 1.29 is 17.9 Å². The summed E-state index contributed by atoms with van der Waals surface area (Å²) in [6.45, 7) is 0.123. The summed E-state index contributed by atoms with van der Waals surface area (Å²) >= 11 is 0. The molecule has 1 aromatic rings. The third-order valence-electron chi connectivity index (χ3n) is 4.09. The van der Waals surface area contributed by atoms with Gasteiger partial charge in [-0.1, -0.05) is 6.07 Å². The normalized spacial score (nSPS) is 20.4. The smallest absolute Gasteiger partial charge is 0.162 e. The Balaban J connectivity index is 1.76. The summed E-state index contributed by atoms with van der Waals surface area (Å²) in [6.07, 6.45) is 3.51. The number of carbonyl (C=O) groups excluding carboxylic acids is 1. The van der Waals surface area contributed by atoms with Crippen LogP contribution in [-0.2, 0) is 9.84 Å². The van der Waals surface area contributed by atoms with Crippen molar-refractivity contribution in [3.8, 4) is 5.75 Å². The molecule has 2 aliphatic rings. The Kier molecular flexibility index (Phi) is 3.01. The molecule has 2 aliphatic carbocycles. The number of aldehydes is 1. The molecule has 2 saturated carbocycles. The minimum Gasteiger partial charge on any atom is -0.490 e. The average molecular weight is 295 g/mol. The third-order valence-corrected chi connectivity index (χ3v) is 7.17. The van der Waals surface area contributed by atoms with Crippen LogP contribution in [0.3, 0.4) is 0 Å². The number of carbonyl (C=O) groups is 1. The van der Waals surface area contributed by atoms with Crippen LogP contribution in [-0.4, -0.2) is 31.3 Å². The van der Waals surface area contributed by atoms with E-state index in [4.69, 9.17) is 10.5 Å². The Hall–Kier alpha value is -1.56. The van der Waals surface area contributed by atoms with Gasteiger partial charge in [-0.25, -0.2) is 8.42 Å². The van der Waals surface area contributed by atoms with E-state index in [2.05, 4.69) is 0 Å². The summed E-state index contributed by atoms with van der Waals surface area (Å²) in [4.78, 5) is 10.8. The molecule has 2 N–H and O–H groups in total. The van der Waals surface area contributed by atoms with Gasteiger partial charge in [-0.2, -0.15) is 0 Å². The van der Waals surface area contributed by atoms with Crippen molar-refractivity contribution in [2.75, 3.05) is 12.3 Å². The highest BCUT2D eigenvalue weighted by Crippen LogP contribution is 2.50. The molecule has 1 aromatic carbocycles. The number of anilines is 1. The number of ether oxygens (including phenoxy) is 1. The molecule has 0 atom stereocenters. The summed E-state index contributed by atoms with van der Waals surface area (Å²) in [7, 11) is -3.09. The fourth-order valence-corrected chi connectivity index (χ4v) is 4.74. The molecule has 3 rings (SSSR count). The highest BCUT2D eigenvalue weighted by Gasteiger charge is 2.60. The molecule has 2 fully saturated rings. The van der Waals surface area contributed by atoms with Gasteiger partial charge < -0.3 is 10.5 Å². The van der Waals surface area contributed by atoms with Crippen LogP contribution in [0, 0.1) is 0 Å². The van der Waals surface area contributed by atoms with E-state index in [9.17, 15) is 13.2 Å². The second-order valence-corrected chi connectivity index (χ2v) is 8.22. The van der Waals surface area contributed by atoms with Crippen LogP contribution in [0.5, 0.6) is 5.75 Å². The standard InChI is InChI=1S/C14H17NO4S/c15-13-10(8-16)2-1-3-12(13)19-9-14(6-7-14)20(17,18)11-4-5-11/h1-3,8,11H,4-7,9,15H2. The van der Waals surface area contributed by atoms with E-state index < -0.39 is 14.6 Å². The lowest BCUT2D eigenvalue weighted by atomic mass is 10.2. The molecule has 0 radical (unpaired) electrons. The zero-order chi connectivity index (χ0) is 14.4. The summed E-state index contributed by atoms with van der Waals surface area (Å²) in [5.74, 6) is 0.381. The fourth-order valence-electron chi connectivity index (χ4n) is 2.38. The minimum atomic E-state index is -3.09. The van der Waals surface area contributed by atoms with E-state index in [0.29, 0.717) is 30.4 Å². The Morgan fingerprint density at radius 2 is 2.05 bits per heavy atom. The number of nitrogens with two attached hydrogens (primary N) is 1. The molecular weight excluding hydrogens is 278 g/mol. The Bertz CT molecular complexity index is 645. The number of rotatable bonds is 6. The van der Waals surface area contributed by atoms with Crippen molar-refractivity contribution in [3.63, 3.8) is 0 Å². The zero-order valence-corrected chi connectivity index (χ0v) is 11.9. The van der Waals surface area contributed by atoms with Crippen LogP contribution < -0.4 is 10.5 Å². The molecule has 0 aromatic heterocycles. The molecule has 108 valence electrons. The van der Waals surface area contributed by atoms with Crippen LogP contribution in [0.1, 0.15) is 36.0 Å². The zero-order valence-electron chi connectivity index (χ0n) is 11.0. The summed E-state index contributed by atoms with van der Waals surface area (Å²) < 4.78 is 29.6. The van der Waals surface area contributed by atoms with Crippen molar-refractivity contribution in [1.82, 2.24) is 0 Å².